The smallest absolute Gasteiger partial charge is 0.339 e. The van der Waals surface area contributed by atoms with E-state index < -0.39 is 10.9 Å². The highest BCUT2D eigenvalue weighted by Gasteiger charge is 2.16. The van der Waals surface area contributed by atoms with Crippen LogP contribution in [0.1, 0.15) is 15.9 Å². The second-order valence-electron chi connectivity index (χ2n) is 4.00. The Balaban J connectivity index is 2.25. The van der Waals surface area contributed by atoms with Crippen molar-refractivity contribution in [3.8, 4) is 5.75 Å². The van der Waals surface area contributed by atoms with Gasteiger partial charge in [0.25, 0.3) is 5.69 Å². The summed E-state index contributed by atoms with van der Waals surface area (Å²) in [6, 6.07) is 5.45. The summed E-state index contributed by atoms with van der Waals surface area (Å²) in [5.74, 6) is -1.13. The number of nitro benzene ring substituents is 1. The molecule has 0 fully saturated rings. The minimum atomic E-state index is -1.17. The molecule has 21 heavy (non-hydrogen) atoms. The normalized spacial score (nSPS) is 10.1. The Bertz CT molecular complexity index is 705. The molecule has 0 radical (unpaired) electrons. The van der Waals surface area contributed by atoms with Crippen molar-refractivity contribution >= 4 is 23.3 Å². The van der Waals surface area contributed by atoms with Crippen LogP contribution in [0.2, 0.25) is 5.02 Å². The highest BCUT2D eigenvalue weighted by atomic mass is 35.5. The van der Waals surface area contributed by atoms with E-state index in [0.29, 0.717) is 0 Å². The van der Waals surface area contributed by atoms with E-state index >= 15 is 0 Å². The predicted octanol–water partition coefficient (Wildman–Crippen LogP) is 2.92. The summed E-state index contributed by atoms with van der Waals surface area (Å²) in [5, 5.41) is 20.2. The summed E-state index contributed by atoms with van der Waals surface area (Å²) < 4.78 is 5.32. The Morgan fingerprint density at radius 2 is 2.19 bits per heavy atom. The monoisotopic (exact) mass is 308 g/mol. The number of halogens is 1. The largest absolute Gasteiger partial charge is 0.486 e. The molecule has 8 heteroatoms. The second-order valence-corrected chi connectivity index (χ2v) is 4.43. The number of pyridine rings is 1. The lowest BCUT2D eigenvalue weighted by molar-refractivity contribution is -0.385. The summed E-state index contributed by atoms with van der Waals surface area (Å²) in [5.41, 5.74) is 0.0227. The molecule has 2 rings (SSSR count). The van der Waals surface area contributed by atoms with Crippen molar-refractivity contribution < 1.29 is 19.6 Å². The van der Waals surface area contributed by atoms with Crippen LogP contribution in [-0.2, 0) is 6.61 Å². The molecule has 0 bridgehead atoms. The number of ether oxygens (including phenoxy) is 1. The Hall–Kier alpha value is -2.67. The topological polar surface area (TPSA) is 103 Å². The summed E-state index contributed by atoms with van der Waals surface area (Å²) in [6.45, 7) is -0.167. The van der Waals surface area contributed by atoms with E-state index in [9.17, 15) is 14.9 Å². The first-order valence-electron chi connectivity index (χ1n) is 5.72. The molecule has 0 saturated heterocycles. The van der Waals surface area contributed by atoms with Gasteiger partial charge >= 0.3 is 5.97 Å². The first-order valence-corrected chi connectivity index (χ1v) is 6.09. The quantitative estimate of drug-likeness (QED) is 0.673. The van der Waals surface area contributed by atoms with E-state index in [2.05, 4.69) is 4.98 Å². The number of nitro groups is 1. The van der Waals surface area contributed by atoms with Crippen LogP contribution in [0.15, 0.2) is 36.7 Å². The van der Waals surface area contributed by atoms with Gasteiger partial charge in [0, 0.05) is 17.3 Å². The Morgan fingerprint density at radius 1 is 1.43 bits per heavy atom. The molecule has 0 spiro atoms. The Morgan fingerprint density at radius 3 is 2.86 bits per heavy atom. The molecule has 7 nitrogen and oxygen atoms in total. The summed E-state index contributed by atoms with van der Waals surface area (Å²) in [7, 11) is 0. The van der Waals surface area contributed by atoms with Crippen molar-refractivity contribution in [3.63, 3.8) is 0 Å². The average molecular weight is 309 g/mol. The molecule has 0 atom stereocenters. The molecule has 0 aliphatic rings. The summed E-state index contributed by atoms with van der Waals surface area (Å²) in [6.07, 6.45) is 2.56. The minimum absolute atomic E-state index is 0.0363. The van der Waals surface area contributed by atoms with Crippen LogP contribution in [0, 0.1) is 10.1 Å². The number of benzene rings is 1. The number of hydrogen-bond acceptors (Lipinski definition) is 5. The van der Waals surface area contributed by atoms with E-state index in [1.807, 2.05) is 0 Å². The van der Waals surface area contributed by atoms with E-state index in [0.717, 1.165) is 0 Å². The molecule has 2 aromatic rings. The molecule has 1 N–H and O–H groups in total. The van der Waals surface area contributed by atoms with Gasteiger partial charge in [-0.3, -0.25) is 15.1 Å². The van der Waals surface area contributed by atoms with Crippen LogP contribution in [-0.4, -0.2) is 21.0 Å². The standard InChI is InChI=1S/C13H9ClN2O5/c14-9-2-1-8(11(5-9)16(19)20)7-21-12-6-15-4-3-10(12)13(17)18/h1-6H,7H2,(H,17,18). The van der Waals surface area contributed by atoms with Gasteiger partial charge in [-0.1, -0.05) is 11.6 Å². The van der Waals surface area contributed by atoms with E-state index in [1.165, 1.54) is 36.7 Å². The van der Waals surface area contributed by atoms with Crippen LogP contribution in [0.3, 0.4) is 0 Å². The van der Waals surface area contributed by atoms with Crippen molar-refractivity contribution in [1.29, 1.82) is 0 Å². The molecule has 0 aliphatic heterocycles. The highest BCUT2D eigenvalue weighted by molar-refractivity contribution is 6.30. The van der Waals surface area contributed by atoms with Gasteiger partial charge in [0.15, 0.2) is 5.75 Å². The number of carboxylic acids is 1. The molecule has 0 amide bonds. The maximum atomic E-state index is 11.0. The number of carboxylic acid groups (broad SMARTS) is 1. The lowest BCUT2D eigenvalue weighted by atomic mass is 10.2. The van der Waals surface area contributed by atoms with Gasteiger partial charge in [-0.15, -0.1) is 0 Å². The summed E-state index contributed by atoms with van der Waals surface area (Å²) in [4.78, 5) is 25.2. The minimum Gasteiger partial charge on any atom is -0.486 e. The Kier molecular flexibility index (Phi) is 4.34. The Labute approximate surface area is 123 Å². The van der Waals surface area contributed by atoms with Crippen LogP contribution in [0.4, 0.5) is 5.69 Å². The third-order valence-electron chi connectivity index (χ3n) is 2.64. The average Bonchev–Trinajstić information content (AvgIpc) is 2.46. The lowest BCUT2D eigenvalue weighted by Crippen LogP contribution is -2.05. The fourth-order valence-corrected chi connectivity index (χ4v) is 1.82. The van der Waals surface area contributed by atoms with Crippen molar-refractivity contribution in [2.24, 2.45) is 0 Å². The molecule has 1 aromatic carbocycles. The first-order chi connectivity index (χ1) is 9.99. The van der Waals surface area contributed by atoms with Gasteiger partial charge in [-0.25, -0.2) is 4.79 Å². The van der Waals surface area contributed by atoms with Crippen LogP contribution in [0.25, 0.3) is 0 Å². The predicted molar refractivity (Wildman–Crippen MR) is 73.6 cm³/mol. The molecular formula is C13H9ClN2O5. The maximum Gasteiger partial charge on any atom is 0.339 e. The lowest BCUT2D eigenvalue weighted by Gasteiger charge is -2.09. The maximum absolute atomic E-state index is 11.0. The molecule has 108 valence electrons. The van der Waals surface area contributed by atoms with Crippen LogP contribution < -0.4 is 4.74 Å². The van der Waals surface area contributed by atoms with Crippen molar-refractivity contribution in [3.05, 3.63) is 62.9 Å². The van der Waals surface area contributed by atoms with Gasteiger partial charge in [-0.05, 0) is 18.2 Å². The van der Waals surface area contributed by atoms with Crippen molar-refractivity contribution in [2.75, 3.05) is 0 Å². The molecule has 0 saturated carbocycles. The fraction of sp³-hybridized carbons (Fsp3) is 0.0769. The number of nitrogens with zero attached hydrogens (tertiary/aromatic N) is 2. The zero-order valence-electron chi connectivity index (χ0n) is 10.5. The van der Waals surface area contributed by atoms with Crippen LogP contribution in [0.5, 0.6) is 5.75 Å². The zero-order chi connectivity index (χ0) is 15.4. The van der Waals surface area contributed by atoms with E-state index in [4.69, 9.17) is 21.4 Å². The van der Waals surface area contributed by atoms with E-state index in [-0.39, 0.29) is 34.2 Å². The number of carbonyl (C=O) groups is 1. The molecule has 0 unspecified atom stereocenters. The van der Waals surface area contributed by atoms with Crippen molar-refractivity contribution in [2.45, 2.75) is 6.61 Å². The van der Waals surface area contributed by atoms with Crippen LogP contribution >= 0.6 is 11.6 Å². The van der Waals surface area contributed by atoms with Gasteiger partial charge in [0.2, 0.25) is 0 Å². The van der Waals surface area contributed by atoms with Gasteiger partial charge < -0.3 is 9.84 Å². The fourth-order valence-electron chi connectivity index (χ4n) is 1.66. The SMILES string of the molecule is O=C(O)c1ccncc1OCc1ccc(Cl)cc1[N+](=O)[O-]. The van der Waals surface area contributed by atoms with Gasteiger partial charge in [0.05, 0.1) is 16.7 Å². The first kappa shape index (κ1) is 14.7. The second kappa shape index (κ2) is 6.19. The van der Waals surface area contributed by atoms with Gasteiger partial charge in [-0.2, -0.15) is 0 Å². The highest BCUT2D eigenvalue weighted by Crippen LogP contribution is 2.25. The number of rotatable bonds is 5. The molecular weight excluding hydrogens is 300 g/mol. The van der Waals surface area contributed by atoms with E-state index in [1.54, 1.807) is 0 Å². The third-order valence-corrected chi connectivity index (χ3v) is 2.88. The molecule has 1 heterocycles. The van der Waals surface area contributed by atoms with Gasteiger partial charge in [0.1, 0.15) is 12.2 Å². The number of aromatic carboxylic acids is 1. The molecule has 1 aromatic heterocycles. The van der Waals surface area contributed by atoms with Crippen molar-refractivity contribution in [1.82, 2.24) is 4.98 Å². The summed E-state index contributed by atoms with van der Waals surface area (Å²) >= 11 is 5.71. The number of hydrogen-bond donors (Lipinski definition) is 1. The molecule has 0 aliphatic carbocycles. The third kappa shape index (κ3) is 3.46. The zero-order valence-corrected chi connectivity index (χ0v) is 11.3. The number of aromatic nitrogens is 1.